The molecule has 0 aromatic heterocycles. The summed E-state index contributed by atoms with van der Waals surface area (Å²) in [6.45, 7) is 1.36. The molecule has 0 aliphatic carbocycles. The third-order valence-electron chi connectivity index (χ3n) is 2.90. The molecule has 1 amide bonds. The van der Waals surface area contributed by atoms with E-state index in [0.29, 0.717) is 25.1 Å². The molecule has 1 atom stereocenters. The van der Waals surface area contributed by atoms with Crippen LogP contribution < -0.4 is 0 Å². The number of aromatic hydroxyl groups is 2. The Morgan fingerprint density at radius 3 is 2.72 bits per heavy atom. The molecule has 1 fully saturated rings. The zero-order chi connectivity index (χ0) is 13.1. The number of hydrogen-bond donors (Lipinski definition) is 2. The highest BCUT2D eigenvalue weighted by Crippen LogP contribution is 2.28. The summed E-state index contributed by atoms with van der Waals surface area (Å²) < 4.78 is 5.30. The van der Waals surface area contributed by atoms with Crippen LogP contribution in [0.15, 0.2) is 18.2 Å². The van der Waals surface area contributed by atoms with Gasteiger partial charge in [-0.15, -0.1) is 0 Å². The maximum atomic E-state index is 12.3. The summed E-state index contributed by atoms with van der Waals surface area (Å²) in [5.41, 5.74) is -0.0506. The van der Waals surface area contributed by atoms with Crippen LogP contribution in [0.4, 0.5) is 0 Å². The zero-order valence-corrected chi connectivity index (χ0v) is 11.3. The van der Waals surface area contributed by atoms with Crippen LogP contribution in [0.25, 0.3) is 0 Å². The number of rotatable bonds is 2. The van der Waals surface area contributed by atoms with Crippen LogP contribution in [-0.4, -0.2) is 52.2 Å². The molecular weight excluding hydrogens is 302 g/mol. The van der Waals surface area contributed by atoms with Crippen molar-refractivity contribution in [2.75, 3.05) is 25.1 Å². The van der Waals surface area contributed by atoms with Crippen LogP contribution in [0.5, 0.6) is 11.5 Å². The highest BCUT2D eigenvalue weighted by atomic mass is 79.9. The van der Waals surface area contributed by atoms with Gasteiger partial charge in [0.15, 0.2) is 0 Å². The minimum Gasteiger partial charge on any atom is -0.507 e. The van der Waals surface area contributed by atoms with Gasteiger partial charge < -0.3 is 19.8 Å². The van der Waals surface area contributed by atoms with Crippen LogP contribution in [0, 0.1) is 0 Å². The van der Waals surface area contributed by atoms with E-state index in [0.717, 1.165) is 0 Å². The van der Waals surface area contributed by atoms with Crippen molar-refractivity contribution < 1.29 is 19.7 Å². The van der Waals surface area contributed by atoms with Gasteiger partial charge in [-0.25, -0.2) is 0 Å². The Morgan fingerprint density at radius 1 is 1.44 bits per heavy atom. The lowest BCUT2D eigenvalue weighted by molar-refractivity contribution is 0.00494. The predicted octanol–water partition coefficient (Wildman–Crippen LogP) is 1.33. The number of phenolic OH excluding ortho intramolecular Hbond substituents is 2. The summed E-state index contributed by atoms with van der Waals surface area (Å²) in [6, 6.07) is 4.17. The monoisotopic (exact) mass is 315 g/mol. The fourth-order valence-electron chi connectivity index (χ4n) is 1.94. The Hall–Kier alpha value is -1.27. The second-order valence-electron chi connectivity index (χ2n) is 4.05. The maximum Gasteiger partial charge on any atom is 0.261 e. The minimum absolute atomic E-state index is 0.0506. The zero-order valence-electron chi connectivity index (χ0n) is 9.67. The van der Waals surface area contributed by atoms with E-state index in [-0.39, 0.29) is 29.0 Å². The first-order valence-electron chi connectivity index (χ1n) is 5.60. The number of hydrogen-bond acceptors (Lipinski definition) is 4. The van der Waals surface area contributed by atoms with E-state index in [1.54, 1.807) is 4.90 Å². The number of nitrogens with zero attached hydrogens (tertiary/aromatic N) is 1. The summed E-state index contributed by atoms with van der Waals surface area (Å²) in [7, 11) is 0. The molecule has 1 saturated heterocycles. The molecule has 2 rings (SSSR count). The molecule has 1 aliphatic rings. The number of amides is 1. The summed E-state index contributed by atoms with van der Waals surface area (Å²) in [4.78, 5) is 13.9. The first-order chi connectivity index (χ1) is 8.65. The first-order valence-corrected chi connectivity index (χ1v) is 6.73. The molecule has 1 heterocycles. The van der Waals surface area contributed by atoms with E-state index in [1.165, 1.54) is 18.2 Å². The number of carbonyl (C=O) groups excluding carboxylic acids is 1. The van der Waals surface area contributed by atoms with Crippen molar-refractivity contribution in [2.24, 2.45) is 0 Å². The molecule has 1 aliphatic heterocycles. The van der Waals surface area contributed by atoms with Gasteiger partial charge in [0, 0.05) is 11.9 Å². The Balaban J connectivity index is 2.30. The molecule has 1 aromatic rings. The Bertz CT molecular complexity index is 431. The fourth-order valence-corrected chi connectivity index (χ4v) is 2.48. The molecule has 6 heteroatoms. The van der Waals surface area contributed by atoms with E-state index in [4.69, 9.17) is 4.74 Å². The normalized spacial score (nSPS) is 19.8. The molecule has 0 spiro atoms. The third kappa shape index (κ3) is 2.44. The van der Waals surface area contributed by atoms with Crippen LogP contribution in [0.3, 0.4) is 0 Å². The number of benzene rings is 1. The lowest BCUT2D eigenvalue weighted by atomic mass is 10.1. The van der Waals surface area contributed by atoms with Gasteiger partial charge in [-0.3, -0.25) is 4.79 Å². The number of ether oxygens (including phenoxy) is 1. The van der Waals surface area contributed by atoms with E-state index < -0.39 is 0 Å². The van der Waals surface area contributed by atoms with Crippen LogP contribution in [0.1, 0.15) is 10.4 Å². The number of morpholine rings is 1. The van der Waals surface area contributed by atoms with Crippen molar-refractivity contribution in [1.29, 1.82) is 0 Å². The Labute approximate surface area is 113 Å². The Morgan fingerprint density at radius 2 is 2.11 bits per heavy atom. The Kier molecular flexibility index (Phi) is 4.08. The van der Waals surface area contributed by atoms with Gasteiger partial charge >= 0.3 is 0 Å². The summed E-state index contributed by atoms with van der Waals surface area (Å²) in [5.74, 6) is -0.794. The molecule has 5 nitrogen and oxygen atoms in total. The molecule has 1 aromatic carbocycles. The van der Waals surface area contributed by atoms with Crippen molar-refractivity contribution in [3.8, 4) is 11.5 Å². The van der Waals surface area contributed by atoms with Gasteiger partial charge in [-0.1, -0.05) is 22.0 Å². The van der Waals surface area contributed by atoms with Gasteiger partial charge in [0.25, 0.3) is 5.91 Å². The molecule has 2 N–H and O–H groups in total. The van der Waals surface area contributed by atoms with Gasteiger partial charge in [0.2, 0.25) is 0 Å². The average Bonchev–Trinajstić information content (AvgIpc) is 2.38. The maximum absolute atomic E-state index is 12.3. The topological polar surface area (TPSA) is 70.0 Å². The second-order valence-corrected chi connectivity index (χ2v) is 4.70. The van der Waals surface area contributed by atoms with Crippen LogP contribution in [0.2, 0.25) is 0 Å². The standard InChI is InChI=1S/C12H14BrNO4/c13-6-8-7-18-5-4-14(8)12(17)11-9(15)2-1-3-10(11)16/h1-3,8,15-16H,4-7H2. The lowest BCUT2D eigenvalue weighted by Crippen LogP contribution is -2.49. The number of phenols is 2. The molecule has 98 valence electrons. The van der Waals surface area contributed by atoms with Crippen molar-refractivity contribution in [2.45, 2.75) is 6.04 Å². The van der Waals surface area contributed by atoms with Gasteiger partial charge in [-0.05, 0) is 12.1 Å². The average molecular weight is 316 g/mol. The van der Waals surface area contributed by atoms with E-state index >= 15 is 0 Å². The quantitative estimate of drug-likeness (QED) is 0.808. The van der Waals surface area contributed by atoms with Crippen molar-refractivity contribution in [3.05, 3.63) is 23.8 Å². The highest BCUT2D eigenvalue weighted by Gasteiger charge is 2.30. The van der Waals surface area contributed by atoms with E-state index in [9.17, 15) is 15.0 Å². The van der Waals surface area contributed by atoms with Gasteiger partial charge in [0.1, 0.15) is 17.1 Å². The van der Waals surface area contributed by atoms with E-state index in [2.05, 4.69) is 15.9 Å². The largest absolute Gasteiger partial charge is 0.507 e. The van der Waals surface area contributed by atoms with Gasteiger partial charge in [-0.2, -0.15) is 0 Å². The smallest absolute Gasteiger partial charge is 0.261 e. The summed E-state index contributed by atoms with van der Waals surface area (Å²) in [5, 5.41) is 20.0. The summed E-state index contributed by atoms with van der Waals surface area (Å²) >= 11 is 3.33. The molecule has 18 heavy (non-hydrogen) atoms. The second kappa shape index (κ2) is 5.58. The van der Waals surface area contributed by atoms with Gasteiger partial charge in [0.05, 0.1) is 19.3 Å². The molecule has 0 saturated carbocycles. The molecule has 0 radical (unpaired) electrons. The molecule has 1 unspecified atom stereocenters. The highest BCUT2D eigenvalue weighted by molar-refractivity contribution is 9.09. The number of alkyl halides is 1. The predicted molar refractivity (Wildman–Crippen MR) is 69.2 cm³/mol. The lowest BCUT2D eigenvalue weighted by Gasteiger charge is -2.34. The van der Waals surface area contributed by atoms with Crippen LogP contribution in [-0.2, 0) is 4.74 Å². The number of carbonyl (C=O) groups is 1. The minimum atomic E-state index is -0.377. The van der Waals surface area contributed by atoms with Crippen molar-refractivity contribution in [3.63, 3.8) is 0 Å². The van der Waals surface area contributed by atoms with Crippen molar-refractivity contribution in [1.82, 2.24) is 4.90 Å². The summed E-state index contributed by atoms with van der Waals surface area (Å²) in [6.07, 6.45) is 0. The van der Waals surface area contributed by atoms with Crippen LogP contribution >= 0.6 is 15.9 Å². The third-order valence-corrected chi connectivity index (χ3v) is 3.65. The van der Waals surface area contributed by atoms with E-state index in [1.807, 2.05) is 0 Å². The molecule has 0 bridgehead atoms. The van der Waals surface area contributed by atoms with Crippen molar-refractivity contribution >= 4 is 21.8 Å². The molecular formula is C12H14BrNO4. The SMILES string of the molecule is O=C(c1c(O)cccc1O)N1CCOCC1CBr. The fraction of sp³-hybridized carbons (Fsp3) is 0.417. The number of halogens is 1. The first kappa shape index (κ1) is 13.2.